The van der Waals surface area contributed by atoms with Crippen LogP contribution in [0.4, 0.5) is 13.2 Å². The summed E-state index contributed by atoms with van der Waals surface area (Å²) in [4.78, 5) is 13.9. The van der Waals surface area contributed by atoms with Gasteiger partial charge in [-0.05, 0) is 41.3 Å². The number of aliphatic hydroxyl groups is 1. The van der Waals surface area contributed by atoms with Gasteiger partial charge in [-0.2, -0.15) is 18.3 Å². The summed E-state index contributed by atoms with van der Waals surface area (Å²) < 4.78 is 41.6. The van der Waals surface area contributed by atoms with Gasteiger partial charge in [0, 0.05) is 17.8 Å². The number of halogens is 3. The zero-order valence-corrected chi connectivity index (χ0v) is 17.8. The Hall–Kier alpha value is -3.69. The summed E-state index contributed by atoms with van der Waals surface area (Å²) in [6.07, 6.45) is -2.28. The van der Waals surface area contributed by atoms with Gasteiger partial charge in [0.05, 0.1) is 18.1 Å². The van der Waals surface area contributed by atoms with Crippen LogP contribution in [0, 0.1) is 0 Å². The lowest BCUT2D eigenvalue weighted by atomic mass is 10.0. The fourth-order valence-corrected chi connectivity index (χ4v) is 3.35. The molecule has 0 amide bonds. The van der Waals surface area contributed by atoms with E-state index >= 15 is 0 Å². The minimum Gasteiger partial charge on any atom is -0.382 e. The molecule has 0 saturated heterocycles. The van der Waals surface area contributed by atoms with Gasteiger partial charge in [-0.1, -0.05) is 49.4 Å². The number of aliphatic hydroxyl groups excluding tert-OH is 1. The number of alkyl halides is 3. The number of hydrogen-bond donors (Lipinski definition) is 3. The fourth-order valence-electron chi connectivity index (χ4n) is 3.35. The summed E-state index contributed by atoms with van der Waals surface area (Å²) in [7, 11) is 0. The Bertz CT molecular complexity index is 1240. The number of nitrogens with two attached hydrogens (primary N) is 1. The lowest BCUT2D eigenvalue weighted by molar-refractivity contribution is -0.141. The van der Waals surface area contributed by atoms with Crippen LogP contribution in [-0.4, -0.2) is 26.6 Å². The molecule has 33 heavy (non-hydrogen) atoms. The van der Waals surface area contributed by atoms with Crippen molar-refractivity contribution in [2.45, 2.75) is 19.5 Å². The number of aromatic nitrogens is 3. The van der Waals surface area contributed by atoms with E-state index in [9.17, 15) is 18.0 Å². The van der Waals surface area contributed by atoms with E-state index in [1.54, 1.807) is 48.7 Å². The van der Waals surface area contributed by atoms with Gasteiger partial charge in [-0.3, -0.25) is 4.79 Å². The van der Waals surface area contributed by atoms with Crippen LogP contribution in [0.25, 0.3) is 28.1 Å². The number of aryl methyl sites for hydroxylation is 1. The second-order valence-corrected chi connectivity index (χ2v) is 7.01. The molecule has 4 rings (SSSR count). The van der Waals surface area contributed by atoms with E-state index in [0.29, 0.717) is 23.4 Å². The van der Waals surface area contributed by atoms with Crippen molar-refractivity contribution < 1.29 is 18.3 Å². The monoisotopic (exact) mass is 456 g/mol. The van der Waals surface area contributed by atoms with Crippen LogP contribution < -0.4 is 11.3 Å². The summed E-state index contributed by atoms with van der Waals surface area (Å²) >= 11 is 0. The normalized spacial score (nSPS) is 11.1. The molecule has 0 radical (unpaired) electrons. The van der Waals surface area contributed by atoms with Crippen molar-refractivity contribution in [3.63, 3.8) is 0 Å². The zero-order chi connectivity index (χ0) is 24.0. The van der Waals surface area contributed by atoms with Gasteiger partial charge in [0.15, 0.2) is 5.69 Å². The van der Waals surface area contributed by atoms with Gasteiger partial charge < -0.3 is 15.8 Å². The van der Waals surface area contributed by atoms with Crippen molar-refractivity contribution in [3.8, 4) is 28.1 Å². The van der Waals surface area contributed by atoms with Crippen LogP contribution >= 0.6 is 0 Å². The highest BCUT2D eigenvalue weighted by Crippen LogP contribution is 2.34. The number of benzene rings is 2. The molecule has 2 aromatic carbocycles. The van der Waals surface area contributed by atoms with E-state index in [2.05, 4.69) is 15.8 Å². The van der Waals surface area contributed by atoms with E-state index in [1.807, 2.05) is 19.1 Å². The Kier molecular flexibility index (Phi) is 7.47. The van der Waals surface area contributed by atoms with Gasteiger partial charge in [0.2, 0.25) is 5.56 Å². The number of H-pyrrole nitrogens is 1. The molecule has 2 aromatic heterocycles. The summed E-state index contributed by atoms with van der Waals surface area (Å²) in [6, 6.07) is 18.6. The quantitative estimate of drug-likeness (QED) is 0.397. The average Bonchev–Trinajstić information content (AvgIpc) is 3.26. The van der Waals surface area contributed by atoms with Crippen LogP contribution in [0.1, 0.15) is 18.2 Å². The predicted molar refractivity (Wildman–Crippen MR) is 121 cm³/mol. The van der Waals surface area contributed by atoms with Crippen molar-refractivity contribution in [2.75, 3.05) is 6.73 Å². The minimum atomic E-state index is -4.54. The van der Waals surface area contributed by atoms with Gasteiger partial charge in [0.25, 0.3) is 0 Å². The van der Waals surface area contributed by atoms with Crippen LogP contribution in [0.15, 0.2) is 77.7 Å². The highest BCUT2D eigenvalue weighted by molar-refractivity contribution is 5.70. The lowest BCUT2D eigenvalue weighted by Gasteiger charge is -2.12. The first-order valence-electron chi connectivity index (χ1n) is 10.1. The summed E-state index contributed by atoms with van der Waals surface area (Å²) in [5, 5.41) is 11.2. The highest BCUT2D eigenvalue weighted by Gasteiger charge is 2.35. The average molecular weight is 456 g/mol. The molecule has 0 fully saturated rings. The highest BCUT2D eigenvalue weighted by atomic mass is 19.4. The van der Waals surface area contributed by atoms with Gasteiger partial charge in [-0.15, -0.1) is 0 Å². The molecule has 6 nitrogen and oxygen atoms in total. The van der Waals surface area contributed by atoms with Crippen LogP contribution in [0.3, 0.4) is 0 Å². The maximum atomic E-state index is 13.4. The van der Waals surface area contributed by atoms with Gasteiger partial charge in [-0.25, -0.2) is 4.68 Å². The minimum absolute atomic E-state index is 0.200. The third kappa shape index (κ3) is 5.57. The number of nitrogens with one attached hydrogen (secondary N) is 1. The molecule has 0 aliphatic heterocycles. The predicted octanol–water partition coefficient (Wildman–Crippen LogP) is 4.37. The molecule has 4 aromatic rings. The van der Waals surface area contributed by atoms with E-state index in [0.717, 1.165) is 22.8 Å². The molecule has 0 bridgehead atoms. The van der Waals surface area contributed by atoms with Crippen molar-refractivity contribution in [3.05, 3.63) is 94.5 Å². The second-order valence-electron chi connectivity index (χ2n) is 7.01. The first-order valence-corrected chi connectivity index (χ1v) is 10.1. The summed E-state index contributed by atoms with van der Waals surface area (Å²) in [5.74, 6) is 0. The Morgan fingerprint density at radius 3 is 2.18 bits per heavy atom. The first kappa shape index (κ1) is 24.0. The van der Waals surface area contributed by atoms with Crippen LogP contribution in [-0.2, 0) is 12.6 Å². The molecular weight excluding hydrogens is 433 g/mol. The first-order chi connectivity index (χ1) is 15.8. The number of para-hydroxylation sites is 1. The molecule has 0 atom stereocenters. The van der Waals surface area contributed by atoms with Crippen LogP contribution in [0.2, 0.25) is 0 Å². The zero-order valence-electron chi connectivity index (χ0n) is 17.8. The number of rotatable bonds is 4. The van der Waals surface area contributed by atoms with E-state index in [4.69, 9.17) is 5.11 Å². The summed E-state index contributed by atoms with van der Waals surface area (Å²) in [6.45, 7) is 1.70. The topological polar surface area (TPSA) is 96.9 Å². The van der Waals surface area contributed by atoms with Crippen molar-refractivity contribution >= 4 is 0 Å². The lowest BCUT2D eigenvalue weighted by Crippen LogP contribution is -2.08. The molecular formula is C24H23F3N4O2. The van der Waals surface area contributed by atoms with Gasteiger partial charge in [0.1, 0.15) is 0 Å². The number of hydrogen-bond acceptors (Lipinski definition) is 4. The van der Waals surface area contributed by atoms with Crippen molar-refractivity contribution in [1.82, 2.24) is 14.8 Å². The number of aromatic amines is 1. The van der Waals surface area contributed by atoms with Crippen LogP contribution in [0.5, 0.6) is 0 Å². The maximum absolute atomic E-state index is 13.4. The van der Waals surface area contributed by atoms with E-state index in [1.165, 1.54) is 10.7 Å². The molecule has 0 spiro atoms. The van der Waals surface area contributed by atoms with Gasteiger partial charge >= 0.3 is 6.18 Å². The van der Waals surface area contributed by atoms with Crippen molar-refractivity contribution in [2.24, 2.45) is 5.73 Å². The standard InChI is InChI=1S/C23H18F3N3O.CH5NO/c1-2-15-5-3-4-6-19(15)29-20(13-21(28-29)23(24,25)26)17-9-7-16(8-10-17)18-11-12-22(30)27-14-18;2-1-3/h3-14H,2H2,1H3,(H,27,30);3H,1-2H2. The molecule has 0 unspecified atom stereocenters. The molecule has 4 N–H and O–H groups in total. The SMILES string of the molecule is CCc1ccccc1-n1nc(C(F)(F)F)cc1-c1ccc(-c2ccc(=O)[nH]c2)cc1.NCO. The molecule has 0 aliphatic rings. The fraction of sp³-hybridized carbons (Fsp3) is 0.167. The van der Waals surface area contributed by atoms with Crippen molar-refractivity contribution in [1.29, 1.82) is 0 Å². The molecule has 2 heterocycles. The maximum Gasteiger partial charge on any atom is 0.435 e. The third-order valence-electron chi connectivity index (χ3n) is 4.90. The number of pyridine rings is 1. The molecule has 0 saturated carbocycles. The molecule has 172 valence electrons. The molecule has 0 aliphatic carbocycles. The summed E-state index contributed by atoms with van der Waals surface area (Å²) in [5.41, 5.74) is 7.40. The Morgan fingerprint density at radius 2 is 1.61 bits per heavy atom. The second kappa shape index (κ2) is 10.3. The number of nitrogens with zero attached hydrogens (tertiary/aromatic N) is 2. The Morgan fingerprint density at radius 1 is 1.00 bits per heavy atom. The smallest absolute Gasteiger partial charge is 0.382 e. The Labute approximate surface area is 188 Å². The largest absolute Gasteiger partial charge is 0.435 e. The molecule has 9 heteroatoms. The van der Waals surface area contributed by atoms with E-state index in [-0.39, 0.29) is 12.3 Å². The third-order valence-corrected chi connectivity index (χ3v) is 4.90. The Balaban J connectivity index is 0.000000968. The van der Waals surface area contributed by atoms with E-state index < -0.39 is 11.9 Å².